The number of rotatable bonds is 5. The van der Waals surface area contributed by atoms with Gasteiger partial charge in [-0.05, 0) is 9.13 Å². The van der Waals surface area contributed by atoms with Gasteiger partial charge in [0.15, 0.2) is 0 Å². The smallest absolute Gasteiger partial charge is 0.391 e. The number of aliphatic hydroxyl groups excluding tert-OH is 1. The lowest BCUT2D eigenvalue weighted by atomic mass is 10.7. The Morgan fingerprint density at radius 2 is 1.78 bits per heavy atom. The third-order valence-corrected chi connectivity index (χ3v) is 1.23. The van der Waals surface area contributed by atoms with Gasteiger partial charge in [-0.1, -0.05) is 0 Å². The van der Waals surface area contributed by atoms with Gasteiger partial charge in [0.05, 0.1) is 0 Å². The fourth-order valence-electron chi connectivity index (χ4n) is 0.206. The Hall–Kier alpha value is 0.0800. The van der Waals surface area contributed by atoms with Gasteiger partial charge >= 0.3 is 17.4 Å². The molecule has 2 unspecified atom stereocenters. The molecule has 7 heteroatoms. The summed E-state index contributed by atoms with van der Waals surface area (Å²) in [4.78, 5) is 0. The van der Waals surface area contributed by atoms with Gasteiger partial charge < -0.3 is 5.11 Å². The molecule has 0 aliphatic heterocycles. The standard InChI is InChI=1S/C2H6O5P2/c3-1-2(6-8-4)7-9-5/h2-3,8-9H,1H2/q+2. The van der Waals surface area contributed by atoms with E-state index in [9.17, 15) is 9.13 Å². The molecular formula is C2H6O5P2+2. The van der Waals surface area contributed by atoms with E-state index in [1.54, 1.807) is 0 Å². The molecule has 0 aliphatic carbocycles. The van der Waals surface area contributed by atoms with Crippen LogP contribution in [0.1, 0.15) is 0 Å². The second kappa shape index (κ2) is 6.20. The summed E-state index contributed by atoms with van der Waals surface area (Å²) in [6, 6.07) is 0. The minimum Gasteiger partial charge on any atom is -0.391 e. The highest BCUT2D eigenvalue weighted by Crippen LogP contribution is 2.09. The number of hydrogen-bond donors (Lipinski definition) is 1. The van der Waals surface area contributed by atoms with Crippen molar-refractivity contribution in [3.8, 4) is 0 Å². The van der Waals surface area contributed by atoms with Crippen LogP contribution in [0.3, 0.4) is 0 Å². The third kappa shape index (κ3) is 4.58. The molecular weight excluding hydrogens is 166 g/mol. The van der Waals surface area contributed by atoms with Crippen molar-refractivity contribution in [2.45, 2.75) is 6.29 Å². The minimum atomic E-state index is -1.03. The van der Waals surface area contributed by atoms with Gasteiger partial charge in [0.1, 0.15) is 6.61 Å². The third-order valence-electron chi connectivity index (χ3n) is 0.508. The molecule has 2 atom stereocenters. The summed E-state index contributed by atoms with van der Waals surface area (Å²) in [5.41, 5.74) is 0. The molecule has 0 bridgehead atoms. The van der Waals surface area contributed by atoms with Crippen molar-refractivity contribution in [2.24, 2.45) is 0 Å². The summed E-state index contributed by atoms with van der Waals surface area (Å²) in [5.74, 6) is 0. The predicted molar refractivity (Wildman–Crippen MR) is 31.0 cm³/mol. The summed E-state index contributed by atoms with van der Waals surface area (Å²) in [7, 11) is -2.03. The zero-order valence-electron chi connectivity index (χ0n) is 4.36. The number of aliphatic hydroxyl groups is 1. The fourth-order valence-corrected chi connectivity index (χ4v) is 0.762. The Kier molecular flexibility index (Phi) is 6.26. The van der Waals surface area contributed by atoms with Gasteiger partial charge in [-0.25, -0.2) is 0 Å². The summed E-state index contributed by atoms with van der Waals surface area (Å²) in [6.07, 6.45) is -1.03. The van der Waals surface area contributed by atoms with Crippen LogP contribution in [-0.2, 0) is 18.2 Å². The summed E-state index contributed by atoms with van der Waals surface area (Å²) in [6.45, 7) is -0.454. The van der Waals surface area contributed by atoms with E-state index < -0.39 is 30.3 Å². The van der Waals surface area contributed by atoms with E-state index in [0.717, 1.165) is 0 Å². The molecule has 0 heterocycles. The van der Waals surface area contributed by atoms with Crippen molar-refractivity contribution >= 4 is 17.4 Å². The Bertz CT molecular complexity index is 85.0. The summed E-state index contributed by atoms with van der Waals surface area (Å²) >= 11 is 0. The Labute approximate surface area is 54.5 Å². The molecule has 0 aliphatic rings. The van der Waals surface area contributed by atoms with Gasteiger partial charge in [0.25, 0.3) is 6.29 Å². The van der Waals surface area contributed by atoms with Crippen molar-refractivity contribution in [3.05, 3.63) is 0 Å². The van der Waals surface area contributed by atoms with E-state index in [1.165, 1.54) is 0 Å². The highest BCUT2D eigenvalue weighted by atomic mass is 31.1. The quantitative estimate of drug-likeness (QED) is 0.474. The SMILES string of the molecule is O=[PH+]OC(CO)O[PH+]=O. The van der Waals surface area contributed by atoms with Crippen LogP contribution in [-0.4, -0.2) is 18.0 Å². The summed E-state index contributed by atoms with van der Waals surface area (Å²) in [5, 5.41) is 8.27. The molecule has 0 aromatic carbocycles. The van der Waals surface area contributed by atoms with Gasteiger partial charge in [-0.2, -0.15) is 0 Å². The normalized spacial score (nSPS) is 14.3. The first kappa shape index (κ1) is 9.08. The molecule has 0 radical (unpaired) electrons. The molecule has 0 aromatic rings. The molecule has 0 rings (SSSR count). The molecule has 5 nitrogen and oxygen atoms in total. The topological polar surface area (TPSA) is 72.8 Å². The van der Waals surface area contributed by atoms with Gasteiger partial charge in [0.2, 0.25) is 0 Å². The van der Waals surface area contributed by atoms with Crippen molar-refractivity contribution in [1.29, 1.82) is 0 Å². The first-order chi connectivity index (χ1) is 4.35. The largest absolute Gasteiger partial charge is 0.497 e. The Morgan fingerprint density at radius 3 is 2.00 bits per heavy atom. The van der Waals surface area contributed by atoms with Crippen LogP contribution in [0.2, 0.25) is 0 Å². The minimum absolute atomic E-state index is 0.454. The van der Waals surface area contributed by atoms with E-state index in [2.05, 4.69) is 9.05 Å². The highest BCUT2D eigenvalue weighted by Gasteiger charge is 2.16. The van der Waals surface area contributed by atoms with Crippen LogP contribution < -0.4 is 0 Å². The average molecular weight is 172 g/mol. The van der Waals surface area contributed by atoms with E-state index >= 15 is 0 Å². The monoisotopic (exact) mass is 172 g/mol. The van der Waals surface area contributed by atoms with Gasteiger partial charge in [-0.3, -0.25) is 0 Å². The first-order valence-electron chi connectivity index (χ1n) is 2.01. The fraction of sp³-hybridized carbons (Fsp3) is 1.00. The lowest BCUT2D eigenvalue weighted by Crippen LogP contribution is -2.12. The number of hydrogen-bond acceptors (Lipinski definition) is 5. The van der Waals surface area contributed by atoms with Crippen LogP contribution in [0.25, 0.3) is 0 Å². The van der Waals surface area contributed by atoms with Crippen LogP contribution in [0.4, 0.5) is 0 Å². The average Bonchev–Trinajstić information content (AvgIpc) is 1.88. The molecule has 0 spiro atoms. The highest BCUT2D eigenvalue weighted by molar-refractivity contribution is 7.18. The molecule has 0 fully saturated rings. The lowest BCUT2D eigenvalue weighted by molar-refractivity contribution is -0.0182. The zero-order valence-corrected chi connectivity index (χ0v) is 6.36. The lowest BCUT2D eigenvalue weighted by Gasteiger charge is -1.92. The maximum absolute atomic E-state index is 9.69. The van der Waals surface area contributed by atoms with Crippen molar-refractivity contribution in [3.63, 3.8) is 0 Å². The van der Waals surface area contributed by atoms with Crippen LogP contribution in [0, 0.1) is 0 Å². The van der Waals surface area contributed by atoms with E-state index in [0.29, 0.717) is 0 Å². The molecule has 1 N–H and O–H groups in total. The Balaban J connectivity index is 3.39. The molecule has 0 aromatic heterocycles. The van der Waals surface area contributed by atoms with Crippen molar-refractivity contribution in [2.75, 3.05) is 6.61 Å². The van der Waals surface area contributed by atoms with Gasteiger partial charge in [0, 0.05) is 0 Å². The second-order valence-corrected chi connectivity index (χ2v) is 1.82. The maximum Gasteiger partial charge on any atom is 0.497 e. The van der Waals surface area contributed by atoms with Crippen LogP contribution in [0.15, 0.2) is 0 Å². The molecule has 52 valence electrons. The van der Waals surface area contributed by atoms with Crippen molar-refractivity contribution < 1.29 is 23.3 Å². The predicted octanol–water partition coefficient (Wildman–Crippen LogP) is 0.216. The Morgan fingerprint density at radius 1 is 1.33 bits per heavy atom. The second-order valence-electron chi connectivity index (χ2n) is 1.01. The van der Waals surface area contributed by atoms with Crippen molar-refractivity contribution in [1.82, 2.24) is 0 Å². The maximum atomic E-state index is 9.69. The molecule has 0 saturated heterocycles. The molecule has 0 amide bonds. The van der Waals surface area contributed by atoms with E-state index in [1.807, 2.05) is 0 Å². The van der Waals surface area contributed by atoms with Crippen LogP contribution in [0.5, 0.6) is 0 Å². The first-order valence-corrected chi connectivity index (χ1v) is 3.65. The molecule has 9 heavy (non-hydrogen) atoms. The van der Waals surface area contributed by atoms with Crippen LogP contribution >= 0.6 is 17.4 Å². The van der Waals surface area contributed by atoms with Gasteiger partial charge in [-0.15, -0.1) is 9.05 Å². The zero-order chi connectivity index (χ0) is 7.11. The van der Waals surface area contributed by atoms with E-state index in [-0.39, 0.29) is 0 Å². The molecule has 0 saturated carbocycles. The van der Waals surface area contributed by atoms with E-state index in [4.69, 9.17) is 5.11 Å². The summed E-state index contributed by atoms with van der Waals surface area (Å²) < 4.78 is 27.9.